The molecule has 3 heterocycles. The van der Waals surface area contributed by atoms with E-state index in [4.69, 9.17) is 0 Å². The molecule has 7 nitrogen and oxygen atoms in total. The molecule has 142 valence electrons. The van der Waals surface area contributed by atoms with Gasteiger partial charge in [0.15, 0.2) is 4.96 Å². The molecule has 1 N–H and O–H groups in total. The molecule has 2 aromatic carbocycles. The zero-order valence-electron chi connectivity index (χ0n) is 15.0. The number of benzene rings is 2. The van der Waals surface area contributed by atoms with Crippen LogP contribution in [0.25, 0.3) is 16.2 Å². The van der Waals surface area contributed by atoms with Crippen molar-refractivity contribution in [3.05, 3.63) is 77.4 Å². The van der Waals surface area contributed by atoms with Crippen molar-refractivity contribution in [3.63, 3.8) is 0 Å². The molecule has 3 amide bonds. The molecular formula is C21H14N4O3S. The Bertz CT molecular complexity index is 1230. The summed E-state index contributed by atoms with van der Waals surface area (Å²) < 4.78 is 1.91. The molecule has 8 heteroatoms. The Morgan fingerprint density at radius 1 is 0.966 bits per heavy atom. The van der Waals surface area contributed by atoms with E-state index in [-0.39, 0.29) is 6.54 Å². The SMILES string of the molecule is O=C(CN1C(=O)c2ccccc2C1=O)Nc1ccccc1-c1cn2ccsc2n1. The summed E-state index contributed by atoms with van der Waals surface area (Å²) in [5.74, 6) is -1.36. The van der Waals surface area contributed by atoms with Crippen molar-refractivity contribution in [2.24, 2.45) is 0 Å². The smallest absolute Gasteiger partial charge is 0.262 e. The first kappa shape index (κ1) is 17.3. The van der Waals surface area contributed by atoms with Gasteiger partial charge in [-0.05, 0) is 18.2 Å². The van der Waals surface area contributed by atoms with Crippen LogP contribution in [0.3, 0.4) is 0 Å². The number of hydrogen-bond acceptors (Lipinski definition) is 5. The van der Waals surface area contributed by atoms with E-state index < -0.39 is 17.7 Å². The lowest BCUT2D eigenvalue weighted by Gasteiger charge is -2.15. The van der Waals surface area contributed by atoms with Crippen molar-refractivity contribution < 1.29 is 14.4 Å². The minimum Gasteiger partial charge on any atom is -0.324 e. The molecule has 0 spiro atoms. The number of nitrogens with one attached hydrogen (secondary N) is 1. The number of thiazole rings is 1. The monoisotopic (exact) mass is 402 g/mol. The second-order valence-electron chi connectivity index (χ2n) is 6.55. The van der Waals surface area contributed by atoms with E-state index in [2.05, 4.69) is 10.3 Å². The second-order valence-corrected chi connectivity index (χ2v) is 7.43. The van der Waals surface area contributed by atoms with E-state index in [1.807, 2.05) is 34.3 Å². The number of carbonyl (C=O) groups excluding carboxylic acids is 3. The number of carbonyl (C=O) groups is 3. The summed E-state index contributed by atoms with van der Waals surface area (Å²) in [5, 5.41) is 4.76. The van der Waals surface area contributed by atoms with Gasteiger partial charge in [-0.15, -0.1) is 11.3 Å². The molecule has 29 heavy (non-hydrogen) atoms. The standard InChI is InChI=1S/C21H14N4O3S/c26-18(12-25-19(27)13-5-1-2-6-14(13)20(25)28)22-16-8-4-3-7-15(16)17-11-24-9-10-29-21(24)23-17/h1-11H,12H2,(H,22,26). The van der Waals surface area contributed by atoms with Crippen LogP contribution >= 0.6 is 11.3 Å². The van der Waals surface area contributed by atoms with E-state index >= 15 is 0 Å². The molecule has 1 aliphatic rings. The van der Waals surface area contributed by atoms with E-state index in [9.17, 15) is 14.4 Å². The van der Waals surface area contributed by atoms with Crippen LogP contribution < -0.4 is 5.32 Å². The summed E-state index contributed by atoms with van der Waals surface area (Å²) in [6.45, 7) is -0.348. The zero-order chi connectivity index (χ0) is 20.0. The molecule has 4 aromatic rings. The maximum Gasteiger partial charge on any atom is 0.262 e. The molecule has 0 unspecified atom stereocenters. The minimum absolute atomic E-state index is 0.323. The highest BCUT2D eigenvalue weighted by atomic mass is 32.1. The highest BCUT2D eigenvalue weighted by Crippen LogP contribution is 2.29. The van der Waals surface area contributed by atoms with Crippen molar-refractivity contribution in [1.29, 1.82) is 0 Å². The Morgan fingerprint density at radius 3 is 2.31 bits per heavy atom. The van der Waals surface area contributed by atoms with Crippen LogP contribution in [-0.4, -0.2) is 38.6 Å². The summed E-state index contributed by atoms with van der Waals surface area (Å²) in [6.07, 6.45) is 3.81. The third-order valence-corrected chi connectivity index (χ3v) is 5.52. The van der Waals surface area contributed by atoms with Gasteiger partial charge in [0.1, 0.15) is 6.54 Å². The Hall–Kier alpha value is -3.78. The third kappa shape index (κ3) is 2.90. The Labute approximate surface area is 169 Å². The van der Waals surface area contributed by atoms with Crippen molar-refractivity contribution in [2.45, 2.75) is 0 Å². The molecular weight excluding hydrogens is 388 g/mol. The molecule has 0 radical (unpaired) electrons. The zero-order valence-corrected chi connectivity index (χ0v) is 15.8. The topological polar surface area (TPSA) is 83.8 Å². The first-order valence-corrected chi connectivity index (χ1v) is 9.76. The summed E-state index contributed by atoms with van der Waals surface area (Å²) in [4.78, 5) is 44.0. The molecule has 0 bridgehead atoms. The van der Waals surface area contributed by atoms with Crippen molar-refractivity contribution >= 4 is 39.7 Å². The molecule has 0 saturated carbocycles. The predicted octanol–water partition coefficient (Wildman–Crippen LogP) is 3.30. The lowest BCUT2D eigenvalue weighted by Crippen LogP contribution is -2.37. The number of imide groups is 1. The predicted molar refractivity (Wildman–Crippen MR) is 109 cm³/mol. The molecule has 0 saturated heterocycles. The average molecular weight is 402 g/mol. The van der Waals surface area contributed by atoms with Crippen LogP contribution in [-0.2, 0) is 4.79 Å². The van der Waals surface area contributed by atoms with Gasteiger partial charge in [-0.3, -0.25) is 23.7 Å². The number of fused-ring (bicyclic) bond motifs is 2. The van der Waals surface area contributed by atoms with Gasteiger partial charge in [-0.1, -0.05) is 30.3 Å². The fraction of sp³-hybridized carbons (Fsp3) is 0.0476. The number of para-hydroxylation sites is 1. The van der Waals surface area contributed by atoms with Gasteiger partial charge in [-0.25, -0.2) is 4.98 Å². The second kappa shape index (κ2) is 6.68. The largest absolute Gasteiger partial charge is 0.324 e. The van der Waals surface area contributed by atoms with Gasteiger partial charge in [0.2, 0.25) is 5.91 Å². The van der Waals surface area contributed by atoms with Crippen LogP contribution in [0.5, 0.6) is 0 Å². The first-order chi connectivity index (χ1) is 14.1. The number of rotatable bonds is 4. The highest BCUT2D eigenvalue weighted by Gasteiger charge is 2.36. The number of anilines is 1. The number of hydrogen-bond donors (Lipinski definition) is 1. The van der Waals surface area contributed by atoms with E-state index in [0.29, 0.717) is 16.8 Å². The van der Waals surface area contributed by atoms with Crippen molar-refractivity contribution in [2.75, 3.05) is 11.9 Å². The highest BCUT2D eigenvalue weighted by molar-refractivity contribution is 7.15. The van der Waals surface area contributed by atoms with Crippen LogP contribution in [0.1, 0.15) is 20.7 Å². The van der Waals surface area contributed by atoms with Gasteiger partial charge >= 0.3 is 0 Å². The van der Waals surface area contributed by atoms with Gasteiger partial charge < -0.3 is 5.32 Å². The summed E-state index contributed by atoms with van der Waals surface area (Å²) in [6, 6.07) is 13.9. The fourth-order valence-electron chi connectivity index (χ4n) is 3.39. The quantitative estimate of drug-likeness (QED) is 0.531. The molecule has 0 atom stereocenters. The Kier molecular flexibility index (Phi) is 3.99. The molecule has 2 aromatic heterocycles. The van der Waals surface area contributed by atoms with Gasteiger partial charge in [0.05, 0.1) is 22.5 Å². The van der Waals surface area contributed by atoms with Gasteiger partial charge in [0, 0.05) is 23.3 Å². The first-order valence-electron chi connectivity index (χ1n) is 8.88. The number of nitrogens with zero attached hydrogens (tertiary/aromatic N) is 3. The normalized spacial score (nSPS) is 13.2. The summed E-state index contributed by atoms with van der Waals surface area (Å²) in [5.41, 5.74) is 2.71. The van der Waals surface area contributed by atoms with Crippen LogP contribution in [0.2, 0.25) is 0 Å². The maximum absolute atomic E-state index is 12.6. The van der Waals surface area contributed by atoms with Crippen molar-refractivity contribution in [1.82, 2.24) is 14.3 Å². The lowest BCUT2D eigenvalue weighted by atomic mass is 10.1. The number of amides is 3. The number of imidazole rings is 1. The lowest BCUT2D eigenvalue weighted by molar-refractivity contribution is -0.116. The maximum atomic E-state index is 12.6. The van der Waals surface area contributed by atoms with E-state index in [1.165, 1.54) is 11.3 Å². The minimum atomic E-state index is -0.455. The summed E-state index contributed by atoms with van der Waals surface area (Å²) in [7, 11) is 0. The fourth-order valence-corrected chi connectivity index (χ4v) is 4.09. The average Bonchev–Trinajstić information content (AvgIpc) is 3.39. The Balaban J connectivity index is 1.38. The Morgan fingerprint density at radius 2 is 1.62 bits per heavy atom. The molecule has 5 rings (SSSR count). The van der Waals surface area contributed by atoms with Gasteiger partial charge in [0.25, 0.3) is 11.8 Å². The van der Waals surface area contributed by atoms with E-state index in [1.54, 1.807) is 36.4 Å². The van der Waals surface area contributed by atoms with Crippen molar-refractivity contribution in [3.8, 4) is 11.3 Å². The van der Waals surface area contributed by atoms with Gasteiger partial charge in [-0.2, -0.15) is 0 Å². The summed E-state index contributed by atoms with van der Waals surface area (Å²) >= 11 is 1.52. The van der Waals surface area contributed by atoms with Crippen LogP contribution in [0.4, 0.5) is 5.69 Å². The molecule has 1 aliphatic heterocycles. The molecule has 0 fully saturated rings. The molecule has 0 aliphatic carbocycles. The van der Waals surface area contributed by atoms with E-state index in [0.717, 1.165) is 21.1 Å². The third-order valence-electron chi connectivity index (χ3n) is 4.75. The number of aromatic nitrogens is 2. The van der Waals surface area contributed by atoms with Crippen LogP contribution in [0.15, 0.2) is 66.3 Å². The van der Waals surface area contributed by atoms with Crippen LogP contribution in [0, 0.1) is 0 Å².